The fourth-order valence-corrected chi connectivity index (χ4v) is 2.11. The molecule has 1 amide bonds. The zero-order chi connectivity index (χ0) is 15.8. The second-order valence-electron chi connectivity index (χ2n) is 5.07. The van der Waals surface area contributed by atoms with Crippen molar-refractivity contribution in [3.63, 3.8) is 0 Å². The van der Waals surface area contributed by atoms with Crippen molar-refractivity contribution in [1.82, 2.24) is 4.90 Å². The average molecular weight is 292 g/mol. The second-order valence-corrected chi connectivity index (χ2v) is 5.07. The molecule has 0 heterocycles. The molecule has 0 aliphatic heterocycles. The fraction of sp³-hybridized carbons (Fsp3) is 0.500. The van der Waals surface area contributed by atoms with Gasteiger partial charge in [-0.25, -0.2) is 0 Å². The SMILES string of the molecule is CCC(CC)CN(CC(=O)OC)C(=O)c1ccc(N)cc1. The Morgan fingerprint density at radius 2 is 1.76 bits per heavy atom. The van der Waals surface area contributed by atoms with Crippen molar-refractivity contribution in [3.05, 3.63) is 29.8 Å². The topological polar surface area (TPSA) is 72.6 Å². The Balaban J connectivity index is 2.90. The van der Waals surface area contributed by atoms with Crippen molar-refractivity contribution >= 4 is 17.6 Å². The lowest BCUT2D eigenvalue weighted by Gasteiger charge is -2.25. The van der Waals surface area contributed by atoms with Gasteiger partial charge < -0.3 is 15.4 Å². The van der Waals surface area contributed by atoms with Gasteiger partial charge in [-0.15, -0.1) is 0 Å². The molecule has 0 saturated heterocycles. The molecule has 1 aromatic rings. The Labute approximate surface area is 126 Å². The van der Waals surface area contributed by atoms with E-state index in [1.165, 1.54) is 7.11 Å². The van der Waals surface area contributed by atoms with E-state index < -0.39 is 5.97 Å². The molecule has 2 N–H and O–H groups in total. The maximum atomic E-state index is 12.6. The number of nitrogens with two attached hydrogens (primary N) is 1. The Bertz CT molecular complexity index is 467. The maximum Gasteiger partial charge on any atom is 0.325 e. The van der Waals surface area contributed by atoms with Gasteiger partial charge in [0.15, 0.2) is 0 Å². The molecule has 0 radical (unpaired) electrons. The Hall–Kier alpha value is -2.04. The van der Waals surface area contributed by atoms with Crippen LogP contribution in [0.5, 0.6) is 0 Å². The molecular weight excluding hydrogens is 268 g/mol. The summed E-state index contributed by atoms with van der Waals surface area (Å²) in [6.45, 7) is 4.68. The van der Waals surface area contributed by atoms with Crippen LogP contribution in [0.15, 0.2) is 24.3 Å². The number of rotatable bonds is 7. The van der Waals surface area contributed by atoms with Gasteiger partial charge in [0, 0.05) is 17.8 Å². The van der Waals surface area contributed by atoms with E-state index in [1.54, 1.807) is 29.2 Å². The average Bonchev–Trinajstić information content (AvgIpc) is 2.51. The number of esters is 1. The summed E-state index contributed by atoms with van der Waals surface area (Å²) in [6, 6.07) is 6.71. The van der Waals surface area contributed by atoms with E-state index in [2.05, 4.69) is 18.6 Å². The highest BCUT2D eigenvalue weighted by Gasteiger charge is 2.21. The van der Waals surface area contributed by atoms with Crippen LogP contribution in [0, 0.1) is 5.92 Å². The van der Waals surface area contributed by atoms with Crippen LogP contribution >= 0.6 is 0 Å². The van der Waals surface area contributed by atoms with E-state index in [1.807, 2.05) is 0 Å². The predicted octanol–water partition coefficient (Wildman–Crippen LogP) is 2.32. The first-order valence-electron chi connectivity index (χ1n) is 7.23. The van der Waals surface area contributed by atoms with Crippen LogP contribution in [-0.4, -0.2) is 37.0 Å². The lowest BCUT2D eigenvalue weighted by Crippen LogP contribution is -2.39. The molecule has 0 fully saturated rings. The number of nitrogen functional groups attached to an aromatic ring is 1. The standard InChI is InChI=1S/C16H24N2O3/c1-4-12(5-2)10-18(11-15(19)21-3)16(20)13-6-8-14(17)9-7-13/h6-9,12H,4-5,10-11,17H2,1-3H3. The largest absolute Gasteiger partial charge is 0.468 e. The number of ether oxygens (including phenoxy) is 1. The number of methoxy groups -OCH3 is 1. The number of carbonyl (C=O) groups excluding carboxylic acids is 2. The van der Waals surface area contributed by atoms with Crippen molar-refractivity contribution in [1.29, 1.82) is 0 Å². The lowest BCUT2D eigenvalue weighted by molar-refractivity contribution is -0.141. The number of amides is 1. The van der Waals surface area contributed by atoms with Crippen LogP contribution in [0.2, 0.25) is 0 Å². The molecule has 1 rings (SSSR count). The van der Waals surface area contributed by atoms with Gasteiger partial charge >= 0.3 is 5.97 Å². The van der Waals surface area contributed by atoms with Gasteiger partial charge in [-0.05, 0) is 30.2 Å². The first-order chi connectivity index (χ1) is 10.0. The third-order valence-corrected chi connectivity index (χ3v) is 3.63. The maximum absolute atomic E-state index is 12.6. The molecule has 21 heavy (non-hydrogen) atoms. The molecule has 0 spiro atoms. The van der Waals surface area contributed by atoms with E-state index in [0.29, 0.717) is 23.7 Å². The van der Waals surface area contributed by atoms with Gasteiger partial charge in [0.1, 0.15) is 6.54 Å². The second kappa shape index (κ2) is 8.29. The first kappa shape index (κ1) is 17.0. The Morgan fingerprint density at radius 1 is 1.19 bits per heavy atom. The summed E-state index contributed by atoms with van der Waals surface area (Å²) in [6.07, 6.45) is 1.92. The molecule has 0 bridgehead atoms. The monoisotopic (exact) mass is 292 g/mol. The molecule has 0 saturated carbocycles. The summed E-state index contributed by atoms with van der Waals surface area (Å²) in [5, 5.41) is 0. The van der Waals surface area contributed by atoms with Crippen LogP contribution < -0.4 is 5.73 Å². The van der Waals surface area contributed by atoms with E-state index in [9.17, 15) is 9.59 Å². The molecule has 0 aromatic heterocycles. The molecular formula is C16H24N2O3. The molecule has 5 nitrogen and oxygen atoms in total. The van der Waals surface area contributed by atoms with Gasteiger partial charge in [0.2, 0.25) is 0 Å². The molecule has 0 unspecified atom stereocenters. The molecule has 0 aliphatic carbocycles. The van der Waals surface area contributed by atoms with E-state index in [4.69, 9.17) is 5.73 Å². The highest BCUT2D eigenvalue weighted by molar-refractivity contribution is 5.96. The summed E-state index contributed by atoms with van der Waals surface area (Å²) in [4.78, 5) is 25.6. The summed E-state index contributed by atoms with van der Waals surface area (Å²) >= 11 is 0. The third-order valence-electron chi connectivity index (χ3n) is 3.63. The molecule has 0 atom stereocenters. The van der Waals surface area contributed by atoms with Crippen molar-refractivity contribution in [2.24, 2.45) is 5.92 Å². The highest BCUT2D eigenvalue weighted by Crippen LogP contribution is 2.14. The number of nitrogens with zero attached hydrogens (tertiary/aromatic N) is 1. The van der Waals surface area contributed by atoms with Crippen LogP contribution in [0.1, 0.15) is 37.0 Å². The zero-order valence-corrected chi connectivity index (χ0v) is 13.0. The van der Waals surface area contributed by atoms with Crippen LogP contribution in [0.4, 0.5) is 5.69 Å². The predicted molar refractivity (Wildman–Crippen MR) is 82.8 cm³/mol. The number of anilines is 1. The van der Waals surface area contributed by atoms with E-state index >= 15 is 0 Å². The van der Waals surface area contributed by atoms with Crippen molar-refractivity contribution in [3.8, 4) is 0 Å². The lowest BCUT2D eigenvalue weighted by atomic mass is 10.0. The van der Waals surface area contributed by atoms with E-state index in [0.717, 1.165) is 12.8 Å². The fourth-order valence-electron chi connectivity index (χ4n) is 2.11. The molecule has 0 aliphatic rings. The van der Waals surface area contributed by atoms with Gasteiger partial charge in [-0.3, -0.25) is 9.59 Å². The minimum absolute atomic E-state index is 0.0315. The molecule has 5 heteroatoms. The summed E-state index contributed by atoms with van der Waals surface area (Å²) < 4.78 is 4.68. The summed E-state index contributed by atoms with van der Waals surface area (Å²) in [5.41, 5.74) is 6.76. The number of hydrogen-bond acceptors (Lipinski definition) is 4. The van der Waals surface area contributed by atoms with Gasteiger partial charge in [-0.1, -0.05) is 26.7 Å². The number of carbonyl (C=O) groups is 2. The normalized spacial score (nSPS) is 10.5. The van der Waals surface area contributed by atoms with Crippen molar-refractivity contribution in [2.75, 3.05) is 25.9 Å². The minimum atomic E-state index is -0.412. The Morgan fingerprint density at radius 3 is 2.24 bits per heavy atom. The third kappa shape index (κ3) is 5.10. The van der Waals surface area contributed by atoms with Gasteiger partial charge in [-0.2, -0.15) is 0 Å². The van der Waals surface area contributed by atoms with Gasteiger partial charge in [0.25, 0.3) is 5.91 Å². The smallest absolute Gasteiger partial charge is 0.325 e. The number of hydrogen-bond donors (Lipinski definition) is 1. The zero-order valence-electron chi connectivity index (χ0n) is 13.0. The summed E-state index contributed by atoms with van der Waals surface area (Å²) in [5.74, 6) is -0.218. The quantitative estimate of drug-likeness (QED) is 0.618. The summed E-state index contributed by atoms with van der Waals surface area (Å²) in [7, 11) is 1.32. The van der Waals surface area contributed by atoms with Crippen molar-refractivity contribution < 1.29 is 14.3 Å². The van der Waals surface area contributed by atoms with Crippen LogP contribution in [-0.2, 0) is 9.53 Å². The number of benzene rings is 1. The highest BCUT2D eigenvalue weighted by atomic mass is 16.5. The molecule has 116 valence electrons. The van der Waals surface area contributed by atoms with Crippen molar-refractivity contribution in [2.45, 2.75) is 26.7 Å². The van der Waals surface area contributed by atoms with Crippen LogP contribution in [0.3, 0.4) is 0 Å². The van der Waals surface area contributed by atoms with Gasteiger partial charge in [0.05, 0.1) is 7.11 Å². The first-order valence-corrected chi connectivity index (χ1v) is 7.23. The minimum Gasteiger partial charge on any atom is -0.468 e. The van der Waals surface area contributed by atoms with E-state index in [-0.39, 0.29) is 12.5 Å². The molecule has 1 aromatic carbocycles. The van der Waals surface area contributed by atoms with Crippen LogP contribution in [0.25, 0.3) is 0 Å². The Kier molecular flexibility index (Phi) is 6.72.